The fourth-order valence-electron chi connectivity index (χ4n) is 2.43. The molecule has 1 atom stereocenters. The Labute approximate surface area is 138 Å². The molecule has 1 saturated heterocycles. The topological polar surface area (TPSA) is 45.7 Å². The molecule has 0 spiro atoms. The summed E-state index contributed by atoms with van der Waals surface area (Å²) in [5.41, 5.74) is 1.17. The highest BCUT2D eigenvalue weighted by atomic mass is 32.2. The number of rotatable bonds is 7. The van der Waals surface area contributed by atoms with Crippen LogP contribution in [0.25, 0.3) is 0 Å². The summed E-state index contributed by atoms with van der Waals surface area (Å²) in [6, 6.07) is 8.15. The second-order valence-corrected chi connectivity index (χ2v) is 6.70. The highest BCUT2D eigenvalue weighted by molar-refractivity contribution is 8.00. The Morgan fingerprint density at radius 1 is 1.36 bits per heavy atom. The van der Waals surface area contributed by atoms with Crippen molar-refractivity contribution < 1.29 is 4.74 Å². The lowest BCUT2D eigenvalue weighted by molar-refractivity contribution is 0.340. The van der Waals surface area contributed by atoms with Gasteiger partial charge in [0.25, 0.3) is 0 Å². The van der Waals surface area contributed by atoms with Crippen LogP contribution in [0.2, 0.25) is 0 Å². The predicted molar refractivity (Wildman–Crippen MR) is 95.9 cm³/mol. The number of nitrogens with one attached hydrogen (secondary N) is 2. The van der Waals surface area contributed by atoms with E-state index < -0.39 is 0 Å². The third-order valence-electron chi connectivity index (χ3n) is 3.49. The second-order valence-electron chi connectivity index (χ2n) is 5.29. The van der Waals surface area contributed by atoms with Gasteiger partial charge in [0, 0.05) is 18.3 Å². The number of ether oxygens (including phenoxy) is 1. The molecule has 0 bridgehead atoms. The molecule has 0 saturated carbocycles. The molecule has 4 nitrogen and oxygen atoms in total. The summed E-state index contributed by atoms with van der Waals surface area (Å²) in [5.74, 6) is 3.11. The number of guanidine groups is 1. The van der Waals surface area contributed by atoms with Crippen LogP contribution in [0.4, 0.5) is 0 Å². The van der Waals surface area contributed by atoms with E-state index in [1.807, 2.05) is 19.1 Å². The number of hydrogen-bond donors (Lipinski definition) is 2. The molecule has 1 aliphatic rings. The molecule has 2 N–H and O–H groups in total. The average molecular weight is 321 g/mol. The van der Waals surface area contributed by atoms with E-state index in [1.165, 1.54) is 24.2 Å². The zero-order valence-corrected chi connectivity index (χ0v) is 14.4. The molecule has 5 heteroatoms. The van der Waals surface area contributed by atoms with Crippen molar-refractivity contribution in [3.63, 3.8) is 0 Å². The Morgan fingerprint density at radius 3 is 3.00 bits per heavy atom. The van der Waals surface area contributed by atoms with Crippen molar-refractivity contribution in [3.05, 3.63) is 29.8 Å². The van der Waals surface area contributed by atoms with Crippen molar-refractivity contribution in [2.24, 2.45) is 4.99 Å². The standard InChI is InChI=1S/C17H27N3OS/c1-3-18-17(20-13-16-9-6-10-22-16)19-12-14-7-5-8-15(11-14)21-4-2/h5,7-8,11,16H,3-4,6,9-10,12-13H2,1-2H3,(H2,18,19,20). The quantitative estimate of drug-likeness (QED) is 0.598. The molecule has 2 rings (SSSR count). The smallest absolute Gasteiger partial charge is 0.191 e. The van der Waals surface area contributed by atoms with Gasteiger partial charge in [-0.2, -0.15) is 11.8 Å². The maximum Gasteiger partial charge on any atom is 0.191 e. The molecule has 0 radical (unpaired) electrons. The highest BCUT2D eigenvalue weighted by Crippen LogP contribution is 2.25. The van der Waals surface area contributed by atoms with Gasteiger partial charge >= 0.3 is 0 Å². The maximum absolute atomic E-state index is 5.53. The summed E-state index contributed by atoms with van der Waals surface area (Å²) in [6.45, 7) is 7.32. The van der Waals surface area contributed by atoms with Crippen LogP contribution < -0.4 is 15.4 Å². The molecule has 1 fully saturated rings. The van der Waals surface area contributed by atoms with Gasteiger partial charge in [-0.15, -0.1) is 0 Å². The van der Waals surface area contributed by atoms with E-state index in [4.69, 9.17) is 4.74 Å². The molecule has 1 unspecified atom stereocenters. The normalized spacial score (nSPS) is 18.3. The Balaban J connectivity index is 1.89. The van der Waals surface area contributed by atoms with Crippen molar-refractivity contribution in [2.45, 2.75) is 38.5 Å². The number of nitrogens with zero attached hydrogens (tertiary/aromatic N) is 1. The summed E-state index contributed by atoms with van der Waals surface area (Å²) >= 11 is 2.06. The zero-order valence-electron chi connectivity index (χ0n) is 13.6. The minimum Gasteiger partial charge on any atom is -0.494 e. The van der Waals surface area contributed by atoms with Gasteiger partial charge in [-0.25, -0.2) is 4.99 Å². The minimum atomic E-state index is 0.661. The van der Waals surface area contributed by atoms with Gasteiger partial charge in [-0.1, -0.05) is 12.1 Å². The van der Waals surface area contributed by atoms with Crippen LogP contribution in [0.1, 0.15) is 32.3 Å². The molecule has 1 aromatic rings. The first-order valence-corrected chi connectivity index (χ1v) is 9.22. The van der Waals surface area contributed by atoms with Crippen molar-refractivity contribution in [3.8, 4) is 5.75 Å². The predicted octanol–water partition coefficient (Wildman–Crippen LogP) is 3.04. The van der Waals surface area contributed by atoms with Crippen LogP contribution in [-0.2, 0) is 6.54 Å². The van der Waals surface area contributed by atoms with E-state index in [-0.39, 0.29) is 0 Å². The average Bonchev–Trinajstić information content (AvgIpc) is 3.04. The largest absolute Gasteiger partial charge is 0.494 e. The van der Waals surface area contributed by atoms with Gasteiger partial charge in [-0.3, -0.25) is 0 Å². The first-order valence-electron chi connectivity index (χ1n) is 8.17. The van der Waals surface area contributed by atoms with Crippen molar-refractivity contribution in [1.82, 2.24) is 10.6 Å². The molecule has 1 aliphatic heterocycles. The Kier molecular flexibility index (Phi) is 7.43. The van der Waals surface area contributed by atoms with Gasteiger partial charge in [0.1, 0.15) is 5.75 Å². The summed E-state index contributed by atoms with van der Waals surface area (Å²) in [7, 11) is 0. The Bertz CT molecular complexity index is 473. The third kappa shape index (κ3) is 5.79. The molecular formula is C17H27N3OS. The fraction of sp³-hybridized carbons (Fsp3) is 0.588. The summed E-state index contributed by atoms with van der Waals surface area (Å²) < 4.78 is 5.53. The van der Waals surface area contributed by atoms with Gasteiger partial charge in [0.15, 0.2) is 5.96 Å². The maximum atomic E-state index is 5.53. The first kappa shape index (κ1) is 17.0. The molecule has 122 valence electrons. The highest BCUT2D eigenvalue weighted by Gasteiger charge is 2.15. The van der Waals surface area contributed by atoms with E-state index in [0.29, 0.717) is 13.2 Å². The Morgan fingerprint density at radius 2 is 2.27 bits per heavy atom. The minimum absolute atomic E-state index is 0.661. The molecule has 22 heavy (non-hydrogen) atoms. The van der Waals surface area contributed by atoms with E-state index >= 15 is 0 Å². The summed E-state index contributed by atoms with van der Waals surface area (Å²) in [4.78, 5) is 4.68. The lowest BCUT2D eigenvalue weighted by atomic mass is 10.2. The van der Waals surface area contributed by atoms with Crippen LogP contribution >= 0.6 is 11.8 Å². The Hall–Kier alpha value is -1.36. The third-order valence-corrected chi connectivity index (χ3v) is 4.89. The van der Waals surface area contributed by atoms with Crippen LogP contribution in [-0.4, -0.2) is 36.7 Å². The number of benzene rings is 1. The van der Waals surface area contributed by atoms with Crippen molar-refractivity contribution >= 4 is 17.7 Å². The molecule has 0 aliphatic carbocycles. The van der Waals surface area contributed by atoms with Crippen molar-refractivity contribution in [1.29, 1.82) is 0 Å². The van der Waals surface area contributed by atoms with E-state index in [1.54, 1.807) is 0 Å². The first-order chi connectivity index (χ1) is 10.8. The van der Waals surface area contributed by atoms with Crippen LogP contribution in [0.15, 0.2) is 29.3 Å². The van der Waals surface area contributed by atoms with Gasteiger partial charge in [0.2, 0.25) is 0 Å². The number of hydrogen-bond acceptors (Lipinski definition) is 3. The zero-order chi connectivity index (χ0) is 15.6. The second kappa shape index (κ2) is 9.62. The van der Waals surface area contributed by atoms with Gasteiger partial charge in [0.05, 0.1) is 13.2 Å². The molecular weight excluding hydrogens is 294 g/mol. The van der Waals surface area contributed by atoms with Crippen LogP contribution in [0, 0.1) is 0 Å². The fourth-order valence-corrected chi connectivity index (χ4v) is 3.63. The summed E-state index contributed by atoms with van der Waals surface area (Å²) in [6.07, 6.45) is 2.66. The lowest BCUT2D eigenvalue weighted by Crippen LogP contribution is -2.40. The van der Waals surface area contributed by atoms with E-state index in [0.717, 1.165) is 30.0 Å². The van der Waals surface area contributed by atoms with Gasteiger partial charge < -0.3 is 15.4 Å². The summed E-state index contributed by atoms with van der Waals surface area (Å²) in [5, 5.41) is 7.50. The number of aliphatic imine (C=N–C) groups is 1. The molecule has 0 amide bonds. The molecule has 1 aromatic carbocycles. The van der Waals surface area contributed by atoms with Gasteiger partial charge in [-0.05, 0) is 50.1 Å². The molecule has 0 aromatic heterocycles. The van der Waals surface area contributed by atoms with Crippen LogP contribution in [0.3, 0.4) is 0 Å². The van der Waals surface area contributed by atoms with E-state index in [9.17, 15) is 0 Å². The number of thioether (sulfide) groups is 1. The van der Waals surface area contributed by atoms with Crippen LogP contribution in [0.5, 0.6) is 5.75 Å². The van der Waals surface area contributed by atoms with Crippen molar-refractivity contribution in [2.75, 3.05) is 25.4 Å². The lowest BCUT2D eigenvalue weighted by Gasteiger charge is -2.14. The van der Waals surface area contributed by atoms with E-state index in [2.05, 4.69) is 46.4 Å². The molecule has 1 heterocycles. The SMILES string of the molecule is CCNC(=NCc1cccc(OCC)c1)NCC1CCCS1. The monoisotopic (exact) mass is 321 g/mol.